The van der Waals surface area contributed by atoms with E-state index in [0.29, 0.717) is 18.2 Å². The molecular formula is C8H18N2. The minimum Gasteiger partial charge on any atom is -0.298 e. The fraction of sp³-hybridized carbons (Fsp3) is 1.00. The lowest BCUT2D eigenvalue weighted by molar-refractivity contribution is 0.474. The number of rotatable bonds is 4. The molecule has 1 aliphatic rings. The Labute approximate surface area is 63.4 Å². The number of hydrogen-bond acceptors (Lipinski definition) is 2. The Balaban J connectivity index is 2.10. The smallest absolute Gasteiger partial charge is 0.0733 e. The molecule has 1 unspecified atom stereocenters. The third kappa shape index (κ3) is 1.96. The minimum absolute atomic E-state index is 0.602. The fourth-order valence-electron chi connectivity index (χ4n) is 1.20. The van der Waals surface area contributed by atoms with Crippen molar-refractivity contribution >= 4 is 0 Å². The Hall–Kier alpha value is -0.0800. The summed E-state index contributed by atoms with van der Waals surface area (Å²) in [7, 11) is 0. The van der Waals surface area contributed by atoms with Crippen LogP contribution in [0.1, 0.15) is 33.6 Å². The largest absolute Gasteiger partial charge is 0.298 e. The van der Waals surface area contributed by atoms with Gasteiger partial charge in [0.1, 0.15) is 0 Å². The highest BCUT2D eigenvalue weighted by Gasteiger charge is 2.31. The van der Waals surface area contributed by atoms with Gasteiger partial charge in [0.25, 0.3) is 0 Å². The summed E-state index contributed by atoms with van der Waals surface area (Å²) in [6, 6.07) is 1.41. The molecule has 2 nitrogen and oxygen atoms in total. The molecule has 2 heteroatoms. The molecule has 0 aromatic carbocycles. The predicted molar refractivity (Wildman–Crippen MR) is 43.9 cm³/mol. The average molecular weight is 142 g/mol. The zero-order valence-electron chi connectivity index (χ0n) is 7.15. The predicted octanol–water partition coefficient (Wildman–Crippen LogP) is 1.08. The van der Waals surface area contributed by atoms with Crippen molar-refractivity contribution in [3.8, 4) is 0 Å². The van der Waals surface area contributed by atoms with E-state index in [1.807, 2.05) is 0 Å². The van der Waals surface area contributed by atoms with E-state index < -0.39 is 0 Å². The molecule has 0 amide bonds. The van der Waals surface area contributed by atoms with Gasteiger partial charge in [-0.3, -0.25) is 10.6 Å². The molecule has 10 heavy (non-hydrogen) atoms. The van der Waals surface area contributed by atoms with Gasteiger partial charge in [-0.2, -0.15) is 0 Å². The van der Waals surface area contributed by atoms with E-state index in [1.54, 1.807) is 0 Å². The average Bonchev–Trinajstić information content (AvgIpc) is 2.62. The maximum Gasteiger partial charge on any atom is 0.0733 e. The molecule has 1 rings (SSSR count). The summed E-state index contributed by atoms with van der Waals surface area (Å²) in [5.41, 5.74) is 0. The summed E-state index contributed by atoms with van der Waals surface area (Å²) >= 11 is 0. The molecule has 0 saturated carbocycles. The molecule has 60 valence electrons. The van der Waals surface area contributed by atoms with Crippen molar-refractivity contribution in [3.05, 3.63) is 0 Å². The van der Waals surface area contributed by atoms with Gasteiger partial charge in [-0.25, -0.2) is 0 Å². The Bertz CT molecular complexity index is 99.4. The molecule has 0 bridgehead atoms. The van der Waals surface area contributed by atoms with Gasteiger partial charge in [-0.05, 0) is 19.8 Å². The van der Waals surface area contributed by atoms with E-state index in [1.165, 1.54) is 12.8 Å². The molecular weight excluding hydrogens is 124 g/mol. The van der Waals surface area contributed by atoms with Crippen LogP contribution in [0.2, 0.25) is 0 Å². The van der Waals surface area contributed by atoms with Crippen LogP contribution in [-0.4, -0.2) is 18.2 Å². The Morgan fingerprint density at radius 1 is 1.40 bits per heavy atom. The van der Waals surface area contributed by atoms with Gasteiger partial charge in [0.05, 0.1) is 6.17 Å². The van der Waals surface area contributed by atoms with E-state index in [2.05, 4.69) is 31.4 Å². The first kappa shape index (κ1) is 8.02. The second kappa shape index (κ2) is 3.35. The first-order valence-corrected chi connectivity index (χ1v) is 4.30. The summed E-state index contributed by atoms with van der Waals surface area (Å²) in [5.74, 6) is 0. The highest BCUT2D eigenvalue weighted by Crippen LogP contribution is 2.08. The third-order valence-corrected chi connectivity index (χ3v) is 2.23. The molecule has 2 atom stereocenters. The quantitative estimate of drug-likeness (QED) is 0.576. The standard InChI is InChI=1S/C8H18N2/c1-4-7(5-2)10-8-6(3)9-8/h6-10H,4-5H2,1-3H3/t6-,8?/m1/s1. The minimum atomic E-state index is 0.602. The van der Waals surface area contributed by atoms with Crippen molar-refractivity contribution in [3.63, 3.8) is 0 Å². The lowest BCUT2D eigenvalue weighted by Gasteiger charge is -2.12. The lowest BCUT2D eigenvalue weighted by atomic mass is 10.2. The normalized spacial score (nSPS) is 31.2. The van der Waals surface area contributed by atoms with Crippen molar-refractivity contribution < 1.29 is 0 Å². The molecule has 0 aliphatic carbocycles. The Morgan fingerprint density at radius 3 is 2.20 bits per heavy atom. The Morgan fingerprint density at radius 2 is 1.90 bits per heavy atom. The van der Waals surface area contributed by atoms with Crippen LogP contribution in [0.5, 0.6) is 0 Å². The highest BCUT2D eigenvalue weighted by atomic mass is 15.3. The van der Waals surface area contributed by atoms with Crippen LogP contribution in [0, 0.1) is 0 Å². The number of hydrogen-bond donors (Lipinski definition) is 2. The van der Waals surface area contributed by atoms with Gasteiger partial charge >= 0.3 is 0 Å². The van der Waals surface area contributed by atoms with E-state index in [-0.39, 0.29) is 0 Å². The van der Waals surface area contributed by atoms with Crippen molar-refractivity contribution in [2.45, 2.75) is 51.9 Å². The summed E-state index contributed by atoms with van der Waals surface area (Å²) in [5, 5.41) is 6.85. The molecule has 1 fully saturated rings. The van der Waals surface area contributed by atoms with Crippen LogP contribution in [0.4, 0.5) is 0 Å². The van der Waals surface area contributed by atoms with Crippen molar-refractivity contribution in [1.82, 2.24) is 10.6 Å². The van der Waals surface area contributed by atoms with Crippen LogP contribution < -0.4 is 10.6 Å². The molecule has 0 radical (unpaired) electrons. The monoisotopic (exact) mass is 142 g/mol. The maximum absolute atomic E-state index is 3.53. The SMILES string of the molecule is CCC(CC)NC1N[C@@H]1C. The first-order chi connectivity index (χ1) is 4.77. The van der Waals surface area contributed by atoms with Crippen LogP contribution in [0.25, 0.3) is 0 Å². The Kier molecular flexibility index (Phi) is 2.69. The number of nitrogens with one attached hydrogen (secondary N) is 2. The van der Waals surface area contributed by atoms with E-state index >= 15 is 0 Å². The van der Waals surface area contributed by atoms with Gasteiger partial charge in [-0.15, -0.1) is 0 Å². The van der Waals surface area contributed by atoms with Crippen LogP contribution in [0.3, 0.4) is 0 Å². The van der Waals surface area contributed by atoms with E-state index in [0.717, 1.165) is 0 Å². The zero-order chi connectivity index (χ0) is 7.56. The maximum atomic E-state index is 3.53. The van der Waals surface area contributed by atoms with Gasteiger partial charge in [0.15, 0.2) is 0 Å². The molecule has 1 aliphatic heterocycles. The van der Waals surface area contributed by atoms with Crippen LogP contribution in [-0.2, 0) is 0 Å². The fourth-order valence-corrected chi connectivity index (χ4v) is 1.20. The molecule has 1 saturated heterocycles. The summed E-state index contributed by atoms with van der Waals surface area (Å²) in [6.07, 6.45) is 3.08. The second-order valence-corrected chi connectivity index (χ2v) is 3.11. The summed E-state index contributed by atoms with van der Waals surface area (Å²) in [6.45, 7) is 6.67. The molecule has 0 spiro atoms. The first-order valence-electron chi connectivity index (χ1n) is 4.30. The molecule has 2 N–H and O–H groups in total. The van der Waals surface area contributed by atoms with Crippen LogP contribution in [0.15, 0.2) is 0 Å². The molecule has 0 aromatic heterocycles. The van der Waals surface area contributed by atoms with Gasteiger partial charge in [0.2, 0.25) is 0 Å². The van der Waals surface area contributed by atoms with Crippen LogP contribution >= 0.6 is 0 Å². The van der Waals surface area contributed by atoms with Crippen molar-refractivity contribution in [2.75, 3.05) is 0 Å². The van der Waals surface area contributed by atoms with Crippen molar-refractivity contribution in [1.29, 1.82) is 0 Å². The van der Waals surface area contributed by atoms with E-state index in [9.17, 15) is 0 Å². The van der Waals surface area contributed by atoms with Gasteiger partial charge < -0.3 is 0 Å². The topological polar surface area (TPSA) is 34.0 Å². The van der Waals surface area contributed by atoms with Crippen molar-refractivity contribution in [2.24, 2.45) is 0 Å². The van der Waals surface area contributed by atoms with E-state index in [4.69, 9.17) is 0 Å². The summed E-state index contributed by atoms with van der Waals surface area (Å²) in [4.78, 5) is 0. The van der Waals surface area contributed by atoms with Gasteiger partial charge in [0, 0.05) is 12.1 Å². The summed E-state index contributed by atoms with van der Waals surface area (Å²) < 4.78 is 0. The molecule has 1 heterocycles. The zero-order valence-corrected chi connectivity index (χ0v) is 7.15. The second-order valence-electron chi connectivity index (χ2n) is 3.11. The lowest BCUT2D eigenvalue weighted by Crippen LogP contribution is -2.32. The highest BCUT2D eigenvalue weighted by molar-refractivity contribution is 4.93. The molecule has 0 aromatic rings. The van der Waals surface area contributed by atoms with Gasteiger partial charge in [-0.1, -0.05) is 13.8 Å². The third-order valence-electron chi connectivity index (χ3n) is 2.23.